The van der Waals surface area contributed by atoms with Crippen LogP contribution in [0.15, 0.2) is 35.2 Å². The van der Waals surface area contributed by atoms with Gasteiger partial charge in [-0.25, -0.2) is 0 Å². The van der Waals surface area contributed by atoms with Crippen LogP contribution in [0.4, 0.5) is 0 Å². The van der Waals surface area contributed by atoms with Gasteiger partial charge in [-0.15, -0.1) is 0 Å². The van der Waals surface area contributed by atoms with E-state index in [4.69, 9.17) is 17.0 Å². The van der Waals surface area contributed by atoms with Gasteiger partial charge in [0.1, 0.15) is 10.1 Å². The molecule has 1 saturated heterocycles. The number of thioether (sulfide) groups is 1. The summed E-state index contributed by atoms with van der Waals surface area (Å²) in [6, 6.07) is 10.7. The third-order valence-electron chi connectivity index (χ3n) is 9.40. The van der Waals surface area contributed by atoms with Crippen molar-refractivity contribution in [2.45, 2.75) is 63.8 Å². The van der Waals surface area contributed by atoms with Gasteiger partial charge in [-0.05, 0) is 105 Å². The summed E-state index contributed by atoms with van der Waals surface area (Å²) in [5.74, 6) is 3.90. The van der Waals surface area contributed by atoms with Gasteiger partial charge in [0.2, 0.25) is 0 Å². The normalized spacial score (nSPS) is 29.2. The van der Waals surface area contributed by atoms with Crippen molar-refractivity contribution in [3.63, 3.8) is 0 Å². The maximum atomic E-state index is 13.9. The van der Waals surface area contributed by atoms with Gasteiger partial charge in [-0.1, -0.05) is 42.5 Å². The fraction of sp³-hybridized carbons (Fsp3) is 0.548. The second-order valence-electron chi connectivity index (χ2n) is 11.7. The Morgan fingerprint density at radius 2 is 1.82 bits per heavy atom. The van der Waals surface area contributed by atoms with Gasteiger partial charge in [-0.2, -0.15) is 0 Å². The van der Waals surface area contributed by atoms with Crippen LogP contribution in [0.5, 0.6) is 5.75 Å². The number of thiocarbonyl (C=S) groups is 1. The number of aryl methyl sites for hydroxylation is 1. The van der Waals surface area contributed by atoms with E-state index in [9.17, 15) is 9.90 Å². The molecule has 1 N–H and O–H groups in total. The van der Waals surface area contributed by atoms with Gasteiger partial charge in [0.05, 0.1) is 12.0 Å². The molecule has 4 bridgehead atoms. The number of aliphatic hydroxyl groups excluding tert-OH is 1. The van der Waals surface area contributed by atoms with E-state index in [-0.39, 0.29) is 12.5 Å². The Hall–Kier alpha value is -2.09. The third kappa shape index (κ3) is 4.75. The first kappa shape index (κ1) is 26.1. The monoisotopic (exact) mass is 550 g/mol. The molecule has 0 unspecified atom stereocenters. The highest BCUT2D eigenvalue weighted by molar-refractivity contribution is 8.26. The number of aromatic nitrogens is 1. The molecule has 1 aliphatic heterocycles. The number of carbonyl (C=O) groups is 1. The smallest absolute Gasteiger partial charge is 0.266 e. The lowest BCUT2D eigenvalue weighted by Crippen LogP contribution is -2.57. The molecule has 5 fully saturated rings. The second kappa shape index (κ2) is 10.8. The molecule has 2 heterocycles. The number of benzene rings is 1. The van der Waals surface area contributed by atoms with Gasteiger partial charge in [0.25, 0.3) is 5.91 Å². The van der Waals surface area contributed by atoms with Crippen molar-refractivity contribution in [2.24, 2.45) is 30.7 Å². The van der Waals surface area contributed by atoms with Crippen LogP contribution in [0.2, 0.25) is 0 Å². The zero-order chi connectivity index (χ0) is 26.4. The molecular weight excluding hydrogens is 512 g/mol. The second-order valence-corrected chi connectivity index (χ2v) is 13.4. The first-order chi connectivity index (χ1) is 18.5. The van der Waals surface area contributed by atoms with E-state index in [1.807, 2.05) is 17.0 Å². The fourth-order valence-electron chi connectivity index (χ4n) is 7.91. The molecule has 0 radical (unpaired) electrons. The molecule has 0 spiro atoms. The predicted octanol–water partition coefficient (Wildman–Crippen LogP) is 6.43. The Labute approximate surface area is 235 Å². The number of unbranched alkanes of at least 4 members (excludes halogenated alkanes) is 2. The molecule has 0 atom stereocenters. The van der Waals surface area contributed by atoms with E-state index < -0.39 is 0 Å². The molecule has 1 aromatic carbocycles. The minimum absolute atomic E-state index is 0.104. The van der Waals surface area contributed by atoms with Crippen LogP contribution in [-0.4, -0.2) is 44.6 Å². The van der Waals surface area contributed by atoms with E-state index >= 15 is 0 Å². The highest BCUT2D eigenvalue weighted by atomic mass is 32.2. The van der Waals surface area contributed by atoms with E-state index in [2.05, 4.69) is 35.9 Å². The van der Waals surface area contributed by atoms with Crippen molar-refractivity contribution < 1.29 is 14.6 Å². The fourth-order valence-corrected chi connectivity index (χ4v) is 9.23. The lowest BCUT2D eigenvalue weighted by molar-refractivity contribution is -0.130. The number of rotatable bonds is 9. The minimum Gasteiger partial charge on any atom is -0.497 e. The third-order valence-corrected chi connectivity index (χ3v) is 10.7. The van der Waals surface area contributed by atoms with Crippen molar-refractivity contribution in [3.05, 3.63) is 46.5 Å². The molecule has 2 aromatic rings. The van der Waals surface area contributed by atoms with Crippen molar-refractivity contribution >= 4 is 40.3 Å². The van der Waals surface area contributed by atoms with E-state index in [1.165, 1.54) is 49.4 Å². The Morgan fingerprint density at radius 1 is 1.08 bits per heavy atom. The number of ether oxygens (including phenoxy) is 1. The summed E-state index contributed by atoms with van der Waals surface area (Å²) in [5.41, 5.74) is 4.48. The van der Waals surface area contributed by atoms with Crippen LogP contribution in [0.25, 0.3) is 17.3 Å². The van der Waals surface area contributed by atoms with Gasteiger partial charge >= 0.3 is 0 Å². The Bertz CT molecular complexity index is 1240. The Kier molecular flexibility index (Phi) is 7.45. The van der Waals surface area contributed by atoms with Crippen molar-refractivity contribution in [1.82, 2.24) is 9.47 Å². The van der Waals surface area contributed by atoms with Crippen LogP contribution in [0, 0.1) is 23.7 Å². The predicted molar refractivity (Wildman–Crippen MR) is 158 cm³/mol. The zero-order valence-electron chi connectivity index (χ0n) is 22.4. The Morgan fingerprint density at radius 3 is 2.50 bits per heavy atom. The number of aliphatic hydroxyl groups is 1. The van der Waals surface area contributed by atoms with Gasteiger partial charge in [0, 0.05) is 36.6 Å². The Balaban J connectivity index is 1.32. The van der Waals surface area contributed by atoms with Crippen LogP contribution >= 0.6 is 24.0 Å². The quantitative estimate of drug-likeness (QED) is 0.221. The van der Waals surface area contributed by atoms with Crippen LogP contribution < -0.4 is 4.74 Å². The van der Waals surface area contributed by atoms with Crippen LogP contribution in [0.1, 0.15) is 62.6 Å². The largest absolute Gasteiger partial charge is 0.497 e. The van der Waals surface area contributed by atoms with E-state index in [1.54, 1.807) is 7.11 Å². The molecule has 7 heteroatoms. The number of carbonyl (C=O) groups excluding carboxylic acids is 1. The lowest BCUT2D eigenvalue weighted by atomic mass is 9.54. The molecule has 7 rings (SSSR count). The summed E-state index contributed by atoms with van der Waals surface area (Å²) >= 11 is 7.35. The number of hydrogen-bond acceptors (Lipinski definition) is 5. The van der Waals surface area contributed by atoms with Crippen LogP contribution in [0.3, 0.4) is 0 Å². The number of amides is 1. The maximum Gasteiger partial charge on any atom is 0.266 e. The molecular formula is C31H38N2O3S2. The van der Waals surface area contributed by atoms with E-state index in [0.717, 1.165) is 69.4 Å². The van der Waals surface area contributed by atoms with Gasteiger partial charge in [0.15, 0.2) is 0 Å². The summed E-state index contributed by atoms with van der Waals surface area (Å²) in [6.07, 6.45) is 12.3. The summed E-state index contributed by atoms with van der Waals surface area (Å²) in [5, 5.41) is 9.23. The first-order valence-corrected chi connectivity index (χ1v) is 15.4. The lowest BCUT2D eigenvalue weighted by Gasteiger charge is -2.56. The highest BCUT2D eigenvalue weighted by Crippen LogP contribution is 2.56. The molecule has 4 aliphatic carbocycles. The molecule has 202 valence electrons. The number of methoxy groups -OCH3 is 1. The summed E-state index contributed by atoms with van der Waals surface area (Å²) < 4.78 is 8.42. The molecule has 1 aromatic heterocycles. The number of nitrogens with zero attached hydrogens (tertiary/aromatic N) is 2. The minimum atomic E-state index is 0.104. The molecule has 1 amide bonds. The maximum absolute atomic E-state index is 13.9. The average Bonchev–Trinajstić information content (AvgIpc) is 3.36. The summed E-state index contributed by atoms with van der Waals surface area (Å²) in [7, 11) is 3.77. The van der Waals surface area contributed by atoms with Gasteiger partial charge < -0.3 is 14.4 Å². The van der Waals surface area contributed by atoms with Gasteiger partial charge in [-0.3, -0.25) is 9.69 Å². The topological polar surface area (TPSA) is 54.7 Å². The van der Waals surface area contributed by atoms with Crippen molar-refractivity contribution in [3.8, 4) is 17.0 Å². The zero-order valence-corrected chi connectivity index (χ0v) is 24.0. The molecule has 5 aliphatic rings. The first-order valence-electron chi connectivity index (χ1n) is 14.2. The molecule has 38 heavy (non-hydrogen) atoms. The molecule has 4 saturated carbocycles. The van der Waals surface area contributed by atoms with Crippen LogP contribution in [-0.2, 0) is 18.3 Å². The summed E-state index contributed by atoms with van der Waals surface area (Å²) in [4.78, 5) is 16.7. The van der Waals surface area contributed by atoms with Crippen molar-refractivity contribution in [2.75, 3.05) is 13.7 Å². The highest BCUT2D eigenvalue weighted by Gasteiger charge is 2.53. The summed E-state index contributed by atoms with van der Waals surface area (Å²) in [6.45, 7) is 0.226. The van der Waals surface area contributed by atoms with Crippen molar-refractivity contribution in [1.29, 1.82) is 0 Å². The standard InChI is InChI=1S/C31H38N2O3S2/c1-32-26(21-8-6-9-25(16-21)36-2)17-22(7-4-3-5-10-34)27(32)18-28-30(35)33(31(37)38-28)29-23-12-19-11-20(14-23)15-24(29)13-19/h6,8-9,16-20,23-24,29,34H,3-5,7,10-15H2,1-2H3. The van der Waals surface area contributed by atoms with E-state index in [0.29, 0.717) is 17.9 Å². The number of hydrogen-bond donors (Lipinski definition) is 1. The molecule has 5 nitrogen and oxygen atoms in total. The SMILES string of the molecule is COc1cccc(-c2cc(CCCCCO)c(C=C3SC(=S)N(C4C5CC6CC(C5)CC4C6)C3=O)n2C)c1. The average molecular weight is 551 g/mol.